The van der Waals surface area contributed by atoms with Crippen LogP contribution in [0.1, 0.15) is 17.9 Å². The molecule has 1 fully saturated rings. The van der Waals surface area contributed by atoms with E-state index in [9.17, 15) is 0 Å². The molecule has 3 rings (SSSR count). The van der Waals surface area contributed by atoms with E-state index in [1.807, 2.05) is 36.4 Å². The summed E-state index contributed by atoms with van der Waals surface area (Å²) < 4.78 is 6.03. The van der Waals surface area contributed by atoms with Crippen molar-refractivity contribution in [2.45, 2.75) is 12.3 Å². The van der Waals surface area contributed by atoms with Crippen molar-refractivity contribution < 1.29 is 4.74 Å². The van der Waals surface area contributed by atoms with Crippen LogP contribution in [0, 0.1) is 0 Å². The molecule has 1 atom stereocenters. The van der Waals surface area contributed by atoms with Crippen molar-refractivity contribution in [2.24, 2.45) is 0 Å². The number of para-hydroxylation sites is 1. The van der Waals surface area contributed by atoms with E-state index in [2.05, 4.69) is 24.1 Å². The van der Waals surface area contributed by atoms with E-state index in [1.54, 1.807) is 0 Å². The first-order valence-corrected chi connectivity index (χ1v) is 7.31. The molecule has 1 saturated heterocycles. The topological polar surface area (TPSA) is 12.5 Å². The van der Waals surface area contributed by atoms with E-state index >= 15 is 0 Å². The Bertz CT molecular complexity index is 582. The Balaban J connectivity index is 1.84. The molecule has 1 aliphatic heterocycles. The van der Waals surface area contributed by atoms with Crippen LogP contribution in [0.25, 0.3) is 0 Å². The van der Waals surface area contributed by atoms with Crippen molar-refractivity contribution in [1.82, 2.24) is 4.90 Å². The SMILES string of the molecule is CN1CCC(c2ccccc2Oc2ccc(Cl)cc2)C1. The van der Waals surface area contributed by atoms with Gasteiger partial charge < -0.3 is 9.64 Å². The summed E-state index contributed by atoms with van der Waals surface area (Å²) in [5.74, 6) is 2.34. The molecule has 0 saturated carbocycles. The standard InChI is InChI=1S/C17H18ClNO/c1-19-11-10-13(12-19)16-4-2-3-5-17(16)20-15-8-6-14(18)7-9-15/h2-9,13H,10-12H2,1H3. The number of hydrogen-bond acceptors (Lipinski definition) is 2. The van der Waals surface area contributed by atoms with E-state index in [-0.39, 0.29) is 0 Å². The first kappa shape index (κ1) is 13.5. The summed E-state index contributed by atoms with van der Waals surface area (Å²) in [6.45, 7) is 2.25. The van der Waals surface area contributed by atoms with Crippen molar-refractivity contribution in [1.29, 1.82) is 0 Å². The Morgan fingerprint density at radius 1 is 1.10 bits per heavy atom. The Labute approximate surface area is 124 Å². The Morgan fingerprint density at radius 3 is 2.55 bits per heavy atom. The van der Waals surface area contributed by atoms with Gasteiger partial charge in [0.1, 0.15) is 11.5 Å². The molecule has 0 N–H and O–H groups in total. The molecule has 0 aliphatic carbocycles. The number of benzene rings is 2. The van der Waals surface area contributed by atoms with E-state index in [4.69, 9.17) is 16.3 Å². The number of hydrogen-bond donors (Lipinski definition) is 0. The molecule has 0 spiro atoms. The highest BCUT2D eigenvalue weighted by Crippen LogP contribution is 2.35. The molecule has 1 unspecified atom stereocenters. The largest absolute Gasteiger partial charge is 0.457 e. The molecule has 3 heteroatoms. The van der Waals surface area contributed by atoms with Gasteiger partial charge in [-0.2, -0.15) is 0 Å². The average Bonchev–Trinajstić information content (AvgIpc) is 2.88. The van der Waals surface area contributed by atoms with Gasteiger partial charge in [0.15, 0.2) is 0 Å². The molecule has 0 amide bonds. The van der Waals surface area contributed by atoms with Gasteiger partial charge in [-0.25, -0.2) is 0 Å². The van der Waals surface area contributed by atoms with Gasteiger partial charge in [0.2, 0.25) is 0 Å². The molecular formula is C17H18ClNO. The number of halogens is 1. The van der Waals surface area contributed by atoms with Crippen LogP contribution in [-0.2, 0) is 0 Å². The molecule has 20 heavy (non-hydrogen) atoms. The number of rotatable bonds is 3. The third-order valence-electron chi connectivity index (χ3n) is 3.79. The van der Waals surface area contributed by atoms with Gasteiger partial charge in [0.05, 0.1) is 0 Å². The minimum absolute atomic E-state index is 0.559. The summed E-state index contributed by atoms with van der Waals surface area (Å²) in [6, 6.07) is 15.8. The van der Waals surface area contributed by atoms with Gasteiger partial charge in [-0.1, -0.05) is 29.8 Å². The molecular weight excluding hydrogens is 270 g/mol. The van der Waals surface area contributed by atoms with Gasteiger partial charge in [-0.15, -0.1) is 0 Å². The summed E-state index contributed by atoms with van der Waals surface area (Å²) >= 11 is 5.90. The second-order valence-electron chi connectivity index (χ2n) is 5.34. The highest BCUT2D eigenvalue weighted by atomic mass is 35.5. The number of likely N-dealkylation sites (tertiary alicyclic amines) is 1. The smallest absolute Gasteiger partial charge is 0.130 e. The van der Waals surface area contributed by atoms with Crippen molar-refractivity contribution in [3.8, 4) is 11.5 Å². The maximum absolute atomic E-state index is 6.03. The van der Waals surface area contributed by atoms with Crippen LogP contribution < -0.4 is 4.74 Å². The van der Waals surface area contributed by atoms with Gasteiger partial charge in [-0.05, 0) is 55.9 Å². The fourth-order valence-electron chi connectivity index (χ4n) is 2.73. The summed E-state index contributed by atoms with van der Waals surface area (Å²) in [5.41, 5.74) is 1.30. The minimum atomic E-state index is 0.559. The Kier molecular flexibility index (Phi) is 3.95. The zero-order chi connectivity index (χ0) is 13.9. The first-order valence-electron chi connectivity index (χ1n) is 6.93. The summed E-state index contributed by atoms with van der Waals surface area (Å²) in [6.07, 6.45) is 1.19. The number of ether oxygens (including phenoxy) is 1. The van der Waals surface area contributed by atoms with Crippen LogP contribution in [-0.4, -0.2) is 25.0 Å². The fraction of sp³-hybridized carbons (Fsp3) is 0.294. The predicted octanol–water partition coefficient (Wildman–Crippen LogP) is 4.55. The lowest BCUT2D eigenvalue weighted by Crippen LogP contribution is -2.13. The lowest BCUT2D eigenvalue weighted by Gasteiger charge is -2.16. The zero-order valence-electron chi connectivity index (χ0n) is 11.6. The van der Waals surface area contributed by atoms with Crippen LogP contribution in [0.3, 0.4) is 0 Å². The molecule has 2 aromatic rings. The van der Waals surface area contributed by atoms with E-state index in [0.717, 1.165) is 29.6 Å². The van der Waals surface area contributed by atoms with Crippen molar-refractivity contribution in [3.63, 3.8) is 0 Å². The minimum Gasteiger partial charge on any atom is -0.457 e. The maximum atomic E-state index is 6.03. The lowest BCUT2D eigenvalue weighted by molar-refractivity contribution is 0.408. The molecule has 0 radical (unpaired) electrons. The molecule has 1 aliphatic rings. The second-order valence-corrected chi connectivity index (χ2v) is 5.78. The van der Waals surface area contributed by atoms with Crippen LogP contribution >= 0.6 is 11.6 Å². The van der Waals surface area contributed by atoms with Gasteiger partial charge >= 0.3 is 0 Å². The monoisotopic (exact) mass is 287 g/mol. The maximum Gasteiger partial charge on any atom is 0.130 e. The lowest BCUT2D eigenvalue weighted by atomic mass is 9.97. The van der Waals surface area contributed by atoms with Gasteiger partial charge in [0.25, 0.3) is 0 Å². The van der Waals surface area contributed by atoms with Crippen LogP contribution in [0.4, 0.5) is 0 Å². The molecule has 2 nitrogen and oxygen atoms in total. The quantitative estimate of drug-likeness (QED) is 0.821. The number of nitrogens with zero attached hydrogens (tertiary/aromatic N) is 1. The number of likely N-dealkylation sites (N-methyl/N-ethyl adjacent to an activating group) is 1. The highest BCUT2D eigenvalue weighted by Gasteiger charge is 2.23. The average molecular weight is 288 g/mol. The second kappa shape index (κ2) is 5.86. The first-order chi connectivity index (χ1) is 9.72. The summed E-state index contributed by atoms with van der Waals surface area (Å²) in [4.78, 5) is 2.36. The van der Waals surface area contributed by atoms with Crippen molar-refractivity contribution in [3.05, 3.63) is 59.1 Å². The van der Waals surface area contributed by atoms with Gasteiger partial charge in [-0.3, -0.25) is 0 Å². The Hall–Kier alpha value is -1.51. The fourth-order valence-corrected chi connectivity index (χ4v) is 2.86. The summed E-state index contributed by atoms with van der Waals surface area (Å²) in [7, 11) is 2.17. The van der Waals surface area contributed by atoms with E-state index in [1.165, 1.54) is 12.0 Å². The van der Waals surface area contributed by atoms with Crippen LogP contribution in [0.2, 0.25) is 5.02 Å². The zero-order valence-corrected chi connectivity index (χ0v) is 12.3. The third kappa shape index (κ3) is 2.97. The molecule has 104 valence electrons. The summed E-state index contributed by atoms with van der Waals surface area (Å²) in [5, 5.41) is 0.725. The molecule has 0 bridgehead atoms. The van der Waals surface area contributed by atoms with Crippen LogP contribution in [0.5, 0.6) is 11.5 Å². The Morgan fingerprint density at radius 2 is 1.85 bits per heavy atom. The normalized spacial score (nSPS) is 19.2. The third-order valence-corrected chi connectivity index (χ3v) is 4.04. The van der Waals surface area contributed by atoms with Crippen molar-refractivity contribution >= 4 is 11.6 Å². The molecule has 0 aromatic heterocycles. The molecule has 2 aromatic carbocycles. The molecule has 1 heterocycles. The van der Waals surface area contributed by atoms with Crippen LogP contribution in [0.15, 0.2) is 48.5 Å². The van der Waals surface area contributed by atoms with E-state index in [0.29, 0.717) is 5.92 Å². The van der Waals surface area contributed by atoms with Crippen molar-refractivity contribution in [2.75, 3.05) is 20.1 Å². The van der Waals surface area contributed by atoms with Gasteiger partial charge in [0, 0.05) is 17.5 Å². The van der Waals surface area contributed by atoms with E-state index < -0.39 is 0 Å². The highest BCUT2D eigenvalue weighted by molar-refractivity contribution is 6.30. The predicted molar refractivity (Wildman–Crippen MR) is 82.8 cm³/mol.